The molecule has 0 amide bonds. The molecule has 4 aromatic rings. The molecule has 0 bridgehead atoms. The third kappa shape index (κ3) is 5.81. The van der Waals surface area contributed by atoms with E-state index < -0.39 is 10.0 Å². The molecule has 1 N–H and O–H groups in total. The van der Waals surface area contributed by atoms with Gasteiger partial charge in [0.2, 0.25) is 5.82 Å². The Kier molecular flexibility index (Phi) is 7.24. The van der Waals surface area contributed by atoms with Crippen LogP contribution in [0.3, 0.4) is 0 Å². The predicted molar refractivity (Wildman–Crippen MR) is 132 cm³/mol. The molecule has 176 valence electrons. The summed E-state index contributed by atoms with van der Waals surface area (Å²) in [5.74, 6) is 0.734. The van der Waals surface area contributed by atoms with Crippen LogP contribution in [0, 0.1) is 0 Å². The number of fused-ring (bicyclic) bond motifs is 1. The van der Waals surface area contributed by atoms with Crippen LogP contribution in [0.15, 0.2) is 83.8 Å². The lowest BCUT2D eigenvalue weighted by molar-refractivity contribution is 0.228. The van der Waals surface area contributed by atoms with E-state index in [0.717, 1.165) is 6.54 Å². The Hall–Kier alpha value is -3.69. The van der Waals surface area contributed by atoms with Gasteiger partial charge in [0.05, 0.1) is 23.0 Å². The number of anilines is 1. The fraction of sp³-hybridized carbons (Fsp3) is 0.200. The molecule has 9 heteroatoms. The number of nitrogens with zero attached hydrogens (tertiary/aromatic N) is 3. The van der Waals surface area contributed by atoms with Crippen LogP contribution < -0.4 is 14.2 Å². The fourth-order valence-corrected chi connectivity index (χ4v) is 4.36. The van der Waals surface area contributed by atoms with E-state index in [-0.39, 0.29) is 16.6 Å². The second kappa shape index (κ2) is 10.5. The number of benzene rings is 3. The smallest absolute Gasteiger partial charge is 0.263 e. The first-order valence-electron chi connectivity index (χ1n) is 10.7. The summed E-state index contributed by atoms with van der Waals surface area (Å²) in [6.07, 6.45) is 0. The topological polar surface area (TPSA) is 93.7 Å². The average Bonchev–Trinajstić information content (AvgIpc) is 2.84. The zero-order valence-electron chi connectivity index (χ0n) is 19.0. The molecule has 0 aliphatic rings. The van der Waals surface area contributed by atoms with Gasteiger partial charge >= 0.3 is 0 Å². The number of nitrogens with one attached hydrogen (secondary N) is 1. The second-order valence-electron chi connectivity index (χ2n) is 7.72. The van der Waals surface area contributed by atoms with Crippen molar-refractivity contribution in [1.82, 2.24) is 14.9 Å². The molecule has 0 atom stereocenters. The summed E-state index contributed by atoms with van der Waals surface area (Å²) in [6, 6.07) is 23.5. The van der Waals surface area contributed by atoms with E-state index in [1.54, 1.807) is 24.3 Å². The van der Waals surface area contributed by atoms with Crippen molar-refractivity contribution in [2.45, 2.75) is 11.4 Å². The quantitative estimate of drug-likeness (QED) is 0.369. The Labute approximate surface area is 199 Å². The lowest BCUT2D eigenvalue weighted by Gasteiger charge is -2.18. The monoisotopic (exact) mass is 478 g/mol. The Morgan fingerprint density at radius 2 is 1.53 bits per heavy atom. The van der Waals surface area contributed by atoms with E-state index in [2.05, 4.69) is 31.7 Å². The molecule has 34 heavy (non-hydrogen) atoms. The molecule has 0 aliphatic carbocycles. The molecular weight excluding hydrogens is 452 g/mol. The first-order chi connectivity index (χ1) is 16.4. The minimum atomic E-state index is -3.91. The minimum Gasteiger partial charge on any atom is -0.497 e. The van der Waals surface area contributed by atoms with Crippen LogP contribution >= 0.6 is 0 Å². The molecule has 0 saturated heterocycles. The van der Waals surface area contributed by atoms with Gasteiger partial charge in [0.15, 0.2) is 0 Å². The average molecular weight is 479 g/mol. The number of ether oxygens (including phenoxy) is 2. The predicted octanol–water partition coefficient (Wildman–Crippen LogP) is 3.95. The number of hydrogen-bond donors (Lipinski definition) is 1. The van der Waals surface area contributed by atoms with Crippen LogP contribution in [-0.2, 0) is 16.6 Å². The van der Waals surface area contributed by atoms with Crippen LogP contribution in [0.5, 0.6) is 11.6 Å². The van der Waals surface area contributed by atoms with E-state index in [1.165, 1.54) is 24.8 Å². The summed E-state index contributed by atoms with van der Waals surface area (Å²) in [5.41, 5.74) is 2.37. The maximum Gasteiger partial charge on any atom is 0.263 e. The number of hydrogen-bond acceptors (Lipinski definition) is 7. The maximum absolute atomic E-state index is 13.0. The van der Waals surface area contributed by atoms with Crippen LogP contribution in [0.2, 0.25) is 0 Å². The zero-order valence-corrected chi connectivity index (χ0v) is 19.8. The van der Waals surface area contributed by atoms with E-state index in [1.807, 2.05) is 37.4 Å². The first kappa shape index (κ1) is 23.5. The normalized spacial score (nSPS) is 11.5. The largest absolute Gasteiger partial charge is 0.497 e. The van der Waals surface area contributed by atoms with Gasteiger partial charge in [-0.1, -0.05) is 42.5 Å². The van der Waals surface area contributed by atoms with Crippen molar-refractivity contribution in [3.05, 3.63) is 84.4 Å². The van der Waals surface area contributed by atoms with Crippen molar-refractivity contribution < 1.29 is 17.9 Å². The number of rotatable bonds is 10. The lowest BCUT2D eigenvalue weighted by Crippen LogP contribution is -2.24. The third-order valence-corrected chi connectivity index (χ3v) is 6.50. The van der Waals surface area contributed by atoms with Gasteiger partial charge in [0, 0.05) is 13.1 Å². The fourth-order valence-electron chi connectivity index (χ4n) is 3.36. The van der Waals surface area contributed by atoms with Gasteiger partial charge in [0.1, 0.15) is 12.4 Å². The lowest BCUT2D eigenvalue weighted by atomic mass is 10.2. The Bertz CT molecular complexity index is 1350. The van der Waals surface area contributed by atoms with Crippen molar-refractivity contribution in [1.29, 1.82) is 0 Å². The van der Waals surface area contributed by atoms with E-state index >= 15 is 0 Å². The summed E-state index contributed by atoms with van der Waals surface area (Å²) in [4.78, 5) is 11.2. The highest BCUT2D eigenvalue weighted by Gasteiger charge is 2.20. The zero-order chi connectivity index (χ0) is 24.0. The first-order valence-corrected chi connectivity index (χ1v) is 12.2. The minimum absolute atomic E-state index is 0.0419. The number of methoxy groups -OCH3 is 1. The Morgan fingerprint density at radius 1 is 0.882 bits per heavy atom. The Balaban J connectivity index is 1.52. The highest BCUT2D eigenvalue weighted by atomic mass is 32.2. The molecule has 0 saturated carbocycles. The summed E-state index contributed by atoms with van der Waals surface area (Å²) < 4.78 is 39.5. The van der Waals surface area contributed by atoms with Gasteiger partial charge in [-0.15, -0.1) is 0 Å². The molecule has 0 spiro atoms. The van der Waals surface area contributed by atoms with Crippen molar-refractivity contribution in [2.75, 3.05) is 32.0 Å². The molecule has 3 aromatic carbocycles. The van der Waals surface area contributed by atoms with Crippen molar-refractivity contribution in [3.63, 3.8) is 0 Å². The van der Waals surface area contributed by atoms with Crippen molar-refractivity contribution >= 4 is 26.9 Å². The van der Waals surface area contributed by atoms with Gasteiger partial charge in [0.25, 0.3) is 15.9 Å². The van der Waals surface area contributed by atoms with Crippen LogP contribution in [0.25, 0.3) is 11.0 Å². The number of likely N-dealkylation sites (N-methyl/N-ethyl adjacent to an activating group) is 1. The number of sulfonamides is 1. The molecular formula is C25H26N4O4S. The van der Waals surface area contributed by atoms with Crippen molar-refractivity contribution in [2.24, 2.45) is 0 Å². The van der Waals surface area contributed by atoms with Gasteiger partial charge in [-0.05, 0) is 49.0 Å². The second-order valence-corrected chi connectivity index (χ2v) is 9.40. The summed E-state index contributed by atoms with van der Waals surface area (Å²) in [6.45, 7) is 1.70. The summed E-state index contributed by atoms with van der Waals surface area (Å²) in [5, 5.41) is 0. The van der Waals surface area contributed by atoms with E-state index in [0.29, 0.717) is 29.9 Å². The summed E-state index contributed by atoms with van der Waals surface area (Å²) >= 11 is 0. The molecule has 0 fully saturated rings. The SMILES string of the molecule is COc1ccc(S(=O)(=O)Nc2nc3ccccc3nc2OCCN(C)Cc2ccccc2)cc1. The molecule has 0 unspecified atom stereocenters. The van der Waals surface area contributed by atoms with Gasteiger partial charge in [-0.2, -0.15) is 0 Å². The highest BCUT2D eigenvalue weighted by Crippen LogP contribution is 2.26. The molecule has 4 rings (SSSR count). The molecule has 1 aromatic heterocycles. The number of aromatic nitrogens is 2. The Morgan fingerprint density at radius 3 is 2.21 bits per heavy atom. The van der Waals surface area contributed by atoms with E-state index in [4.69, 9.17) is 9.47 Å². The number of para-hydroxylation sites is 2. The standard InChI is InChI=1S/C25H26N4O4S/c1-29(18-19-8-4-3-5-9-19)16-17-33-25-24(26-22-10-6-7-11-23(22)27-25)28-34(30,31)21-14-12-20(32-2)13-15-21/h3-15H,16-18H2,1-2H3,(H,26,28). The molecule has 8 nitrogen and oxygen atoms in total. The van der Waals surface area contributed by atoms with Gasteiger partial charge in [-0.25, -0.2) is 18.4 Å². The van der Waals surface area contributed by atoms with Crippen LogP contribution in [0.4, 0.5) is 5.82 Å². The van der Waals surface area contributed by atoms with Crippen LogP contribution in [-0.4, -0.2) is 50.6 Å². The summed E-state index contributed by atoms with van der Waals surface area (Å²) in [7, 11) is -0.393. The molecule has 1 heterocycles. The van der Waals surface area contributed by atoms with Crippen LogP contribution in [0.1, 0.15) is 5.56 Å². The van der Waals surface area contributed by atoms with Gasteiger partial charge in [-0.3, -0.25) is 9.62 Å². The highest BCUT2D eigenvalue weighted by molar-refractivity contribution is 7.92. The molecule has 0 radical (unpaired) electrons. The molecule has 0 aliphatic heterocycles. The van der Waals surface area contributed by atoms with E-state index in [9.17, 15) is 8.42 Å². The van der Waals surface area contributed by atoms with Crippen molar-refractivity contribution in [3.8, 4) is 11.6 Å². The van der Waals surface area contributed by atoms with Gasteiger partial charge < -0.3 is 9.47 Å². The maximum atomic E-state index is 13.0. The third-order valence-electron chi connectivity index (χ3n) is 5.15.